The molecule has 0 saturated carbocycles. The Balaban J connectivity index is 1.98. The molecular formula is C55H82N10O14S. The summed E-state index contributed by atoms with van der Waals surface area (Å²) in [5, 5.41) is 61.8. The molecule has 11 atom stereocenters. The fourth-order valence-corrected chi connectivity index (χ4v) is 8.73. The number of fused-ring (bicyclic) bond motifs is 1. The highest BCUT2D eigenvalue weighted by molar-refractivity contribution is 7.80. The normalized spacial score (nSPS) is 15.6. The Bertz CT molecular complexity index is 2610. The van der Waals surface area contributed by atoms with Crippen molar-refractivity contribution in [2.75, 3.05) is 5.75 Å². The number of para-hydroxylation sites is 1. The van der Waals surface area contributed by atoms with E-state index in [9.17, 15) is 68.4 Å². The largest absolute Gasteiger partial charge is 0.508 e. The highest BCUT2D eigenvalue weighted by Crippen LogP contribution is 2.21. The van der Waals surface area contributed by atoms with E-state index in [1.807, 2.05) is 18.2 Å². The quantitative estimate of drug-likeness (QED) is 0.0377. The number of aromatic hydroxyl groups is 1. The zero-order valence-electron chi connectivity index (χ0n) is 46.8. The van der Waals surface area contributed by atoms with Gasteiger partial charge >= 0.3 is 11.9 Å². The van der Waals surface area contributed by atoms with Gasteiger partial charge in [-0.15, -0.1) is 0 Å². The summed E-state index contributed by atoms with van der Waals surface area (Å²) in [7, 11) is 0. The summed E-state index contributed by atoms with van der Waals surface area (Å²) in [6.45, 7) is 15.0. The Morgan fingerprint density at radius 1 is 0.575 bits per heavy atom. The number of carbonyl (C=O) groups is 10. The number of carbonyl (C=O) groups excluding carboxylic acids is 8. The second kappa shape index (κ2) is 32.1. The van der Waals surface area contributed by atoms with Gasteiger partial charge in [0.15, 0.2) is 0 Å². The van der Waals surface area contributed by atoms with Gasteiger partial charge in [0.2, 0.25) is 47.3 Å². The number of H-pyrrole nitrogens is 1. The number of hydrogen-bond donors (Lipinski definition) is 15. The molecule has 25 heteroatoms. The smallest absolute Gasteiger partial charge is 0.326 e. The number of aromatic amines is 1. The number of aliphatic hydroxyl groups is 1. The van der Waals surface area contributed by atoms with Crippen molar-refractivity contribution in [3.05, 3.63) is 65.9 Å². The molecule has 0 aliphatic carbocycles. The Kier molecular flexibility index (Phi) is 26.9. The number of thiol groups is 1. The number of aromatic nitrogens is 1. The summed E-state index contributed by atoms with van der Waals surface area (Å²) in [6, 6.07) is 0.244. The van der Waals surface area contributed by atoms with E-state index in [0.717, 1.165) is 10.9 Å². The van der Waals surface area contributed by atoms with E-state index >= 15 is 0 Å². The van der Waals surface area contributed by atoms with Gasteiger partial charge in [-0.25, -0.2) is 4.79 Å². The molecule has 24 nitrogen and oxygen atoms in total. The van der Waals surface area contributed by atoms with Crippen LogP contribution in [-0.4, -0.2) is 151 Å². The summed E-state index contributed by atoms with van der Waals surface area (Å²) in [5.74, 6) is -11.4. The van der Waals surface area contributed by atoms with E-state index in [1.165, 1.54) is 31.2 Å². The molecule has 442 valence electrons. The van der Waals surface area contributed by atoms with Crippen LogP contribution in [0.15, 0.2) is 54.7 Å². The standard InChI is InChI=1S/C55H82N10O14S/c1-10-30(8)45(53(76)62-39(21-27(2)3)49(72)61-42(52(75)63-44(29(6)7)55(78)79)24-33-25-57-37-14-12-11-13-35(33)37)64-51(74)41(23-32-15-17-34(67)18-16-32)60-48(71)38(19-20-43(68)69)58-54(77)46(31(9)66)65-50(73)40(22-28(4)5)59-47(70)36(56)26-80/h11-18,25,27-31,36,38-42,44-46,57,66-67,80H,10,19-24,26,56H2,1-9H3,(H,58,77)(H,59,70)(H,60,71)(H,61,72)(H,62,76)(H,63,75)(H,64,74)(H,65,73)(H,68,69)(H,78,79)/t30-,31+,36-,38-,39-,40-,41-,42-,44-,45-,46-/m0/s1. The third kappa shape index (κ3) is 21.1. The lowest BCUT2D eigenvalue weighted by molar-refractivity contribution is -0.143. The predicted molar refractivity (Wildman–Crippen MR) is 300 cm³/mol. The van der Waals surface area contributed by atoms with Crippen molar-refractivity contribution >= 4 is 82.7 Å². The van der Waals surface area contributed by atoms with Gasteiger partial charge < -0.3 is 73.7 Å². The number of phenolic OH excluding ortho intramolecular Hbond substituents is 1. The number of aliphatic carboxylic acids is 2. The number of phenols is 1. The average molecular weight is 1140 g/mol. The van der Waals surface area contributed by atoms with Gasteiger partial charge in [0.05, 0.1) is 12.1 Å². The highest BCUT2D eigenvalue weighted by atomic mass is 32.1. The summed E-state index contributed by atoms with van der Waals surface area (Å²) in [6.07, 6.45) is -1.05. The van der Waals surface area contributed by atoms with Gasteiger partial charge in [-0.2, -0.15) is 12.6 Å². The first-order chi connectivity index (χ1) is 37.6. The van der Waals surface area contributed by atoms with Crippen molar-refractivity contribution in [1.82, 2.24) is 47.5 Å². The third-order valence-corrected chi connectivity index (χ3v) is 13.7. The minimum absolute atomic E-state index is 0.0390. The molecule has 0 aliphatic heterocycles. The van der Waals surface area contributed by atoms with Crippen molar-refractivity contribution < 1.29 is 68.4 Å². The molecular weight excluding hydrogens is 1060 g/mol. The number of rotatable bonds is 33. The van der Waals surface area contributed by atoms with Crippen LogP contribution in [0.4, 0.5) is 0 Å². The van der Waals surface area contributed by atoms with Crippen molar-refractivity contribution in [3.63, 3.8) is 0 Å². The molecule has 3 aromatic rings. The fourth-order valence-electron chi connectivity index (χ4n) is 8.56. The lowest BCUT2D eigenvalue weighted by Crippen LogP contribution is -2.62. The van der Waals surface area contributed by atoms with Crippen LogP contribution in [0, 0.1) is 23.7 Å². The first-order valence-electron chi connectivity index (χ1n) is 26.8. The van der Waals surface area contributed by atoms with Crippen molar-refractivity contribution in [2.24, 2.45) is 29.4 Å². The van der Waals surface area contributed by atoms with Gasteiger partial charge in [0.25, 0.3) is 0 Å². The molecule has 15 N–H and O–H groups in total. The first-order valence-corrected chi connectivity index (χ1v) is 27.4. The molecule has 1 heterocycles. The van der Waals surface area contributed by atoms with E-state index in [2.05, 4.69) is 60.1 Å². The van der Waals surface area contributed by atoms with Crippen LogP contribution < -0.4 is 48.3 Å². The average Bonchev–Trinajstić information content (AvgIpc) is 3.80. The van der Waals surface area contributed by atoms with E-state index in [0.29, 0.717) is 17.5 Å². The molecule has 0 aliphatic rings. The molecule has 0 spiro atoms. The van der Waals surface area contributed by atoms with Crippen molar-refractivity contribution in [1.29, 1.82) is 0 Å². The number of carboxylic acid groups (broad SMARTS) is 2. The molecule has 0 bridgehead atoms. The van der Waals surface area contributed by atoms with Gasteiger partial charge in [0, 0.05) is 42.1 Å². The van der Waals surface area contributed by atoms with Gasteiger partial charge in [-0.05, 0) is 79.2 Å². The van der Waals surface area contributed by atoms with Crippen LogP contribution >= 0.6 is 12.6 Å². The summed E-state index contributed by atoms with van der Waals surface area (Å²) in [4.78, 5) is 139. The minimum atomic E-state index is -1.75. The van der Waals surface area contributed by atoms with Crippen LogP contribution in [0.3, 0.4) is 0 Å². The zero-order valence-corrected chi connectivity index (χ0v) is 47.7. The first kappa shape index (κ1) is 67.0. The van der Waals surface area contributed by atoms with Gasteiger partial charge in [0.1, 0.15) is 54.1 Å². The Hall–Kier alpha value is -7.25. The number of benzene rings is 2. The van der Waals surface area contributed by atoms with E-state index in [4.69, 9.17) is 5.73 Å². The maximum Gasteiger partial charge on any atom is 0.326 e. The lowest BCUT2D eigenvalue weighted by Gasteiger charge is -2.30. The maximum absolute atomic E-state index is 14.6. The minimum Gasteiger partial charge on any atom is -0.508 e. The summed E-state index contributed by atoms with van der Waals surface area (Å²) >= 11 is 4.03. The second-order valence-corrected chi connectivity index (χ2v) is 21.8. The molecule has 80 heavy (non-hydrogen) atoms. The number of aliphatic hydroxyl groups excluding tert-OH is 1. The number of hydrogen-bond acceptors (Lipinski definition) is 14. The molecule has 3 rings (SSSR count). The second-order valence-electron chi connectivity index (χ2n) is 21.4. The number of amides is 8. The third-order valence-electron chi connectivity index (χ3n) is 13.3. The van der Waals surface area contributed by atoms with Crippen LogP contribution in [-0.2, 0) is 60.8 Å². The summed E-state index contributed by atoms with van der Waals surface area (Å²) < 4.78 is 0. The maximum atomic E-state index is 14.6. The molecule has 0 unspecified atom stereocenters. The zero-order chi connectivity index (χ0) is 60.1. The van der Waals surface area contributed by atoms with Crippen LogP contribution in [0.2, 0.25) is 0 Å². The summed E-state index contributed by atoms with van der Waals surface area (Å²) in [5.41, 5.74) is 7.60. The van der Waals surface area contributed by atoms with Gasteiger partial charge in [-0.3, -0.25) is 43.2 Å². The van der Waals surface area contributed by atoms with Crippen LogP contribution in [0.25, 0.3) is 10.9 Å². The molecule has 0 fully saturated rings. The molecule has 0 radical (unpaired) electrons. The number of nitrogens with one attached hydrogen (secondary N) is 9. The Labute approximate surface area is 471 Å². The fraction of sp³-hybridized carbons (Fsp3) is 0.564. The monoisotopic (exact) mass is 1140 g/mol. The number of carboxylic acids is 2. The van der Waals surface area contributed by atoms with E-state index < -0.39 is 144 Å². The molecule has 2 aromatic carbocycles. The van der Waals surface area contributed by atoms with E-state index in [1.54, 1.807) is 67.7 Å². The van der Waals surface area contributed by atoms with E-state index in [-0.39, 0.29) is 49.0 Å². The van der Waals surface area contributed by atoms with Gasteiger partial charge in [-0.1, -0.05) is 92.1 Å². The SMILES string of the molecule is CC[C@H](C)[C@H](NC(=O)[C@H](Cc1ccc(O)cc1)NC(=O)[C@H](CCC(=O)O)NC(=O)[C@@H](NC(=O)[C@H](CC(C)C)NC(=O)[C@@H](N)CS)[C@@H](C)O)C(=O)N[C@@H](CC(C)C)C(=O)N[C@@H](Cc1c[nH]c2ccccc12)C(=O)N[C@H](C(=O)O)C(C)C. The predicted octanol–water partition coefficient (Wildman–Crippen LogP) is 0.919. The highest BCUT2D eigenvalue weighted by Gasteiger charge is 2.38. The van der Waals surface area contributed by atoms with Crippen LogP contribution in [0.5, 0.6) is 5.75 Å². The van der Waals surface area contributed by atoms with Crippen molar-refractivity contribution in [3.8, 4) is 5.75 Å². The Morgan fingerprint density at radius 2 is 1.04 bits per heavy atom. The topological polar surface area (TPSA) is 390 Å². The lowest BCUT2D eigenvalue weighted by atomic mass is 9.95. The number of nitrogens with two attached hydrogens (primary N) is 1. The molecule has 1 aromatic heterocycles. The van der Waals surface area contributed by atoms with Crippen LogP contribution in [0.1, 0.15) is 106 Å². The molecule has 8 amide bonds. The van der Waals surface area contributed by atoms with Crippen molar-refractivity contribution in [2.45, 2.75) is 168 Å². The molecule has 0 saturated heterocycles. The Morgan fingerprint density at radius 3 is 1.55 bits per heavy atom.